The highest BCUT2D eigenvalue weighted by Crippen LogP contribution is 2.15. The largest absolute Gasteiger partial charge is 0.489 e. The van der Waals surface area contributed by atoms with Crippen molar-refractivity contribution in [3.63, 3.8) is 0 Å². The quantitative estimate of drug-likeness (QED) is 0.305. The molecular formula is C24H35IN4O2. The van der Waals surface area contributed by atoms with Gasteiger partial charge in [-0.05, 0) is 37.1 Å². The van der Waals surface area contributed by atoms with Crippen molar-refractivity contribution in [2.24, 2.45) is 4.99 Å². The third-order valence-corrected chi connectivity index (χ3v) is 5.41. The number of hydrogen-bond acceptors (Lipinski definition) is 4. The zero-order chi connectivity index (χ0) is 21.2. The van der Waals surface area contributed by atoms with Crippen molar-refractivity contribution in [2.75, 3.05) is 39.9 Å². The molecule has 0 unspecified atom stereocenters. The van der Waals surface area contributed by atoms with Crippen LogP contribution in [0.4, 0.5) is 0 Å². The summed E-state index contributed by atoms with van der Waals surface area (Å²) in [4.78, 5) is 6.83. The van der Waals surface area contributed by atoms with Crippen LogP contribution in [0.25, 0.3) is 0 Å². The zero-order valence-corrected chi connectivity index (χ0v) is 21.1. The van der Waals surface area contributed by atoms with E-state index < -0.39 is 0 Å². The van der Waals surface area contributed by atoms with Gasteiger partial charge in [-0.15, -0.1) is 24.0 Å². The van der Waals surface area contributed by atoms with E-state index in [0.717, 1.165) is 56.7 Å². The third-order valence-electron chi connectivity index (χ3n) is 5.41. The van der Waals surface area contributed by atoms with Crippen LogP contribution in [0.1, 0.15) is 25.0 Å². The van der Waals surface area contributed by atoms with Crippen LogP contribution >= 0.6 is 24.0 Å². The van der Waals surface area contributed by atoms with Crippen molar-refractivity contribution in [3.8, 4) is 5.75 Å². The SMILES string of the molecule is CN=C(NCc1ccc(COc2ccccc2)cc1)NCC(C)(C)N1CCOCC1.I. The lowest BCUT2D eigenvalue weighted by molar-refractivity contribution is -0.00834. The number of benzene rings is 2. The van der Waals surface area contributed by atoms with E-state index in [0.29, 0.717) is 6.61 Å². The summed E-state index contributed by atoms with van der Waals surface area (Å²) in [5.74, 6) is 1.70. The van der Waals surface area contributed by atoms with Crippen LogP contribution in [0.2, 0.25) is 0 Å². The minimum absolute atomic E-state index is 0. The van der Waals surface area contributed by atoms with Gasteiger partial charge in [-0.1, -0.05) is 42.5 Å². The zero-order valence-electron chi connectivity index (χ0n) is 18.8. The first kappa shape index (κ1) is 25.4. The first-order valence-corrected chi connectivity index (χ1v) is 10.6. The van der Waals surface area contributed by atoms with Crippen LogP contribution in [0.5, 0.6) is 5.75 Å². The Morgan fingerprint density at radius 2 is 1.65 bits per heavy atom. The Balaban J connectivity index is 0.00000341. The van der Waals surface area contributed by atoms with Crippen molar-refractivity contribution >= 4 is 29.9 Å². The summed E-state index contributed by atoms with van der Waals surface area (Å²) in [6.07, 6.45) is 0. The number of nitrogens with one attached hydrogen (secondary N) is 2. The van der Waals surface area contributed by atoms with E-state index in [-0.39, 0.29) is 29.5 Å². The van der Waals surface area contributed by atoms with E-state index in [1.165, 1.54) is 5.56 Å². The lowest BCUT2D eigenvalue weighted by Crippen LogP contribution is -2.56. The second-order valence-corrected chi connectivity index (χ2v) is 8.11. The van der Waals surface area contributed by atoms with Crippen molar-refractivity contribution in [3.05, 3.63) is 65.7 Å². The maximum Gasteiger partial charge on any atom is 0.191 e. The van der Waals surface area contributed by atoms with Crippen molar-refractivity contribution in [2.45, 2.75) is 32.5 Å². The van der Waals surface area contributed by atoms with E-state index in [1.807, 2.05) is 30.3 Å². The van der Waals surface area contributed by atoms with Crippen LogP contribution in [-0.2, 0) is 17.9 Å². The number of ether oxygens (including phenoxy) is 2. The van der Waals surface area contributed by atoms with Gasteiger partial charge in [0.05, 0.1) is 13.2 Å². The molecule has 2 aromatic carbocycles. The number of guanidine groups is 1. The highest BCUT2D eigenvalue weighted by molar-refractivity contribution is 14.0. The van der Waals surface area contributed by atoms with Gasteiger partial charge in [0.2, 0.25) is 0 Å². The van der Waals surface area contributed by atoms with Crippen LogP contribution < -0.4 is 15.4 Å². The normalized spacial score (nSPS) is 15.1. The van der Waals surface area contributed by atoms with Gasteiger partial charge in [0.25, 0.3) is 0 Å². The van der Waals surface area contributed by atoms with Crippen molar-refractivity contribution in [1.82, 2.24) is 15.5 Å². The molecule has 1 aliphatic heterocycles. The summed E-state index contributed by atoms with van der Waals surface area (Å²) in [5, 5.41) is 6.87. The molecule has 0 aromatic heterocycles. The molecule has 0 bridgehead atoms. The molecule has 0 saturated carbocycles. The molecule has 0 radical (unpaired) electrons. The summed E-state index contributed by atoms with van der Waals surface area (Å²) >= 11 is 0. The number of morpholine rings is 1. The van der Waals surface area contributed by atoms with Gasteiger partial charge in [-0.2, -0.15) is 0 Å². The molecule has 6 nitrogen and oxygen atoms in total. The fraction of sp³-hybridized carbons (Fsp3) is 0.458. The number of para-hydroxylation sites is 1. The number of halogens is 1. The van der Waals surface area contributed by atoms with E-state index in [9.17, 15) is 0 Å². The van der Waals surface area contributed by atoms with Gasteiger partial charge in [0.15, 0.2) is 5.96 Å². The maximum atomic E-state index is 5.80. The molecular weight excluding hydrogens is 503 g/mol. The summed E-state index contributed by atoms with van der Waals surface area (Å²) < 4.78 is 11.3. The molecule has 1 heterocycles. The topological polar surface area (TPSA) is 58.1 Å². The van der Waals surface area contributed by atoms with Crippen molar-refractivity contribution < 1.29 is 9.47 Å². The van der Waals surface area contributed by atoms with Crippen LogP contribution in [0.15, 0.2) is 59.6 Å². The Morgan fingerprint density at radius 3 is 2.29 bits per heavy atom. The molecule has 7 heteroatoms. The maximum absolute atomic E-state index is 5.80. The molecule has 1 aliphatic rings. The van der Waals surface area contributed by atoms with Crippen LogP contribution in [-0.4, -0.2) is 56.3 Å². The second-order valence-electron chi connectivity index (χ2n) is 8.11. The first-order chi connectivity index (χ1) is 14.6. The van der Waals surface area contributed by atoms with E-state index in [2.05, 4.69) is 58.6 Å². The number of nitrogens with zero attached hydrogens (tertiary/aromatic N) is 2. The molecule has 3 rings (SSSR count). The lowest BCUT2D eigenvalue weighted by Gasteiger charge is -2.41. The number of rotatable bonds is 8. The Kier molecular flexibility index (Phi) is 10.6. The van der Waals surface area contributed by atoms with Gasteiger partial charge < -0.3 is 20.1 Å². The molecule has 31 heavy (non-hydrogen) atoms. The monoisotopic (exact) mass is 538 g/mol. The van der Waals surface area contributed by atoms with Gasteiger partial charge in [0, 0.05) is 38.8 Å². The Labute approximate surface area is 203 Å². The minimum Gasteiger partial charge on any atom is -0.489 e. The standard InChI is InChI=1S/C24H34N4O2.HI/c1-24(2,28-13-15-29-16-14-28)19-27-23(25-3)26-17-20-9-11-21(12-10-20)18-30-22-7-5-4-6-8-22;/h4-12H,13-19H2,1-3H3,(H2,25,26,27);1H. The average molecular weight is 538 g/mol. The van der Waals surface area contributed by atoms with Crippen molar-refractivity contribution in [1.29, 1.82) is 0 Å². The number of aliphatic imine (C=N–C) groups is 1. The van der Waals surface area contributed by atoms with Gasteiger partial charge in [-0.25, -0.2) is 0 Å². The predicted octanol–water partition coefficient (Wildman–Crippen LogP) is 3.66. The summed E-state index contributed by atoms with van der Waals surface area (Å²) in [6.45, 7) is 10.2. The molecule has 0 aliphatic carbocycles. The van der Waals surface area contributed by atoms with Gasteiger partial charge in [0.1, 0.15) is 12.4 Å². The highest BCUT2D eigenvalue weighted by Gasteiger charge is 2.28. The summed E-state index contributed by atoms with van der Waals surface area (Å²) in [7, 11) is 1.81. The van der Waals surface area contributed by atoms with E-state index in [4.69, 9.17) is 9.47 Å². The lowest BCUT2D eigenvalue weighted by atomic mass is 10.0. The molecule has 1 fully saturated rings. The fourth-order valence-corrected chi connectivity index (χ4v) is 3.42. The summed E-state index contributed by atoms with van der Waals surface area (Å²) in [5.41, 5.74) is 2.40. The predicted molar refractivity (Wildman–Crippen MR) is 137 cm³/mol. The van der Waals surface area contributed by atoms with Crippen LogP contribution in [0, 0.1) is 0 Å². The Morgan fingerprint density at radius 1 is 1.00 bits per heavy atom. The molecule has 1 saturated heterocycles. The molecule has 0 atom stereocenters. The van der Waals surface area contributed by atoms with Crippen LogP contribution in [0.3, 0.4) is 0 Å². The Bertz CT molecular complexity index is 791. The van der Waals surface area contributed by atoms with E-state index in [1.54, 1.807) is 7.05 Å². The number of hydrogen-bond donors (Lipinski definition) is 2. The van der Waals surface area contributed by atoms with Gasteiger partial charge >= 0.3 is 0 Å². The second kappa shape index (κ2) is 12.9. The molecule has 0 spiro atoms. The smallest absolute Gasteiger partial charge is 0.191 e. The highest BCUT2D eigenvalue weighted by atomic mass is 127. The first-order valence-electron chi connectivity index (χ1n) is 10.6. The van der Waals surface area contributed by atoms with E-state index >= 15 is 0 Å². The molecule has 0 amide bonds. The molecule has 2 N–H and O–H groups in total. The molecule has 170 valence electrons. The van der Waals surface area contributed by atoms with Gasteiger partial charge in [-0.3, -0.25) is 9.89 Å². The third kappa shape index (κ3) is 8.31. The minimum atomic E-state index is 0. The fourth-order valence-electron chi connectivity index (χ4n) is 3.42. The summed E-state index contributed by atoms with van der Waals surface area (Å²) in [6, 6.07) is 18.4. The molecule has 2 aromatic rings. The Hall–Kier alpha value is -1.84. The average Bonchev–Trinajstić information content (AvgIpc) is 2.80.